The minimum atomic E-state index is -0.607. The molecule has 0 bridgehead atoms. The van der Waals surface area contributed by atoms with Crippen LogP contribution in [0.25, 0.3) is 0 Å². The van der Waals surface area contributed by atoms with Gasteiger partial charge in [-0.05, 0) is 37.3 Å². The lowest BCUT2D eigenvalue weighted by molar-refractivity contribution is 0.0717. The monoisotopic (exact) mass is 285 g/mol. The quantitative estimate of drug-likeness (QED) is 0.905. The van der Waals surface area contributed by atoms with E-state index in [1.54, 1.807) is 6.20 Å². The topological polar surface area (TPSA) is 64.1 Å². The molecule has 0 amide bonds. The van der Waals surface area contributed by atoms with Crippen molar-refractivity contribution in [2.75, 3.05) is 6.54 Å². The van der Waals surface area contributed by atoms with Crippen LogP contribution in [0.3, 0.4) is 0 Å². The summed E-state index contributed by atoms with van der Waals surface area (Å²) in [5.74, 6) is 0. The second kappa shape index (κ2) is 5.62. The molecule has 2 atom stereocenters. The van der Waals surface area contributed by atoms with Gasteiger partial charge in [0.1, 0.15) is 0 Å². The molecular formula is C17H23N3O. The molecule has 1 aliphatic rings. The van der Waals surface area contributed by atoms with E-state index in [0.717, 1.165) is 31.4 Å². The molecule has 2 aromatic rings. The van der Waals surface area contributed by atoms with Crippen LogP contribution in [-0.4, -0.2) is 21.4 Å². The maximum atomic E-state index is 11.0. The van der Waals surface area contributed by atoms with Crippen LogP contribution < -0.4 is 5.73 Å². The van der Waals surface area contributed by atoms with Gasteiger partial charge in [0.25, 0.3) is 0 Å². The first-order valence-corrected chi connectivity index (χ1v) is 7.70. The van der Waals surface area contributed by atoms with E-state index in [-0.39, 0.29) is 0 Å². The summed E-state index contributed by atoms with van der Waals surface area (Å²) >= 11 is 0. The minimum absolute atomic E-state index is 0.392. The van der Waals surface area contributed by atoms with Gasteiger partial charge in [-0.25, -0.2) is 0 Å². The highest BCUT2D eigenvalue weighted by atomic mass is 16.3. The maximum Gasteiger partial charge on any atom is 0.0929 e. The number of nitrogens with two attached hydrogens (primary N) is 1. The van der Waals surface area contributed by atoms with Gasteiger partial charge in [-0.15, -0.1) is 0 Å². The van der Waals surface area contributed by atoms with Gasteiger partial charge in [0.2, 0.25) is 0 Å². The van der Waals surface area contributed by atoms with Gasteiger partial charge in [-0.1, -0.05) is 24.3 Å². The van der Waals surface area contributed by atoms with Gasteiger partial charge in [-0.2, -0.15) is 5.10 Å². The van der Waals surface area contributed by atoms with Crippen LogP contribution in [0.5, 0.6) is 0 Å². The van der Waals surface area contributed by atoms with Crippen LogP contribution in [-0.2, 0) is 18.4 Å². The molecule has 0 saturated heterocycles. The Balaban J connectivity index is 2.04. The molecule has 1 aromatic carbocycles. The van der Waals surface area contributed by atoms with Crippen LogP contribution in [0.2, 0.25) is 0 Å². The van der Waals surface area contributed by atoms with E-state index >= 15 is 0 Å². The van der Waals surface area contributed by atoms with Crippen LogP contribution in [0.4, 0.5) is 0 Å². The molecular weight excluding hydrogens is 262 g/mol. The van der Waals surface area contributed by atoms with Gasteiger partial charge in [-0.3, -0.25) is 4.68 Å². The fourth-order valence-electron chi connectivity index (χ4n) is 3.57. The predicted octanol–water partition coefficient (Wildman–Crippen LogP) is 2.17. The Labute approximate surface area is 125 Å². The molecule has 0 saturated carbocycles. The lowest BCUT2D eigenvalue weighted by atomic mass is 9.65. The first-order chi connectivity index (χ1) is 10.2. The third kappa shape index (κ3) is 2.28. The average Bonchev–Trinajstić information content (AvgIpc) is 3.02. The second-order valence-corrected chi connectivity index (χ2v) is 5.90. The van der Waals surface area contributed by atoms with Crippen molar-refractivity contribution in [2.45, 2.75) is 44.2 Å². The Bertz CT molecular complexity index is 622. The van der Waals surface area contributed by atoms with Crippen molar-refractivity contribution in [1.29, 1.82) is 0 Å². The molecule has 3 rings (SSSR count). The number of aryl methyl sites for hydroxylation is 2. The van der Waals surface area contributed by atoms with E-state index in [1.807, 2.05) is 23.9 Å². The summed E-state index contributed by atoms with van der Waals surface area (Å²) in [6, 6.07) is 8.37. The SMILES string of the molecule is CCn1cc(C(O)C2(CN)CCCc3ccccc32)cn1. The van der Waals surface area contributed by atoms with Crippen LogP contribution in [0, 0.1) is 0 Å². The second-order valence-electron chi connectivity index (χ2n) is 5.90. The lowest BCUT2D eigenvalue weighted by Crippen LogP contribution is -2.43. The van der Waals surface area contributed by atoms with Crippen molar-refractivity contribution in [3.8, 4) is 0 Å². The molecule has 4 nitrogen and oxygen atoms in total. The Morgan fingerprint density at radius 2 is 2.24 bits per heavy atom. The van der Waals surface area contributed by atoms with Crippen molar-refractivity contribution in [2.24, 2.45) is 5.73 Å². The van der Waals surface area contributed by atoms with E-state index in [9.17, 15) is 5.11 Å². The molecule has 3 N–H and O–H groups in total. The van der Waals surface area contributed by atoms with Gasteiger partial charge in [0.15, 0.2) is 0 Å². The van der Waals surface area contributed by atoms with E-state index in [1.165, 1.54) is 11.1 Å². The van der Waals surface area contributed by atoms with Gasteiger partial charge in [0, 0.05) is 30.3 Å². The summed E-state index contributed by atoms with van der Waals surface area (Å²) < 4.78 is 1.84. The highest BCUT2D eigenvalue weighted by Gasteiger charge is 2.42. The largest absolute Gasteiger partial charge is 0.387 e. The summed E-state index contributed by atoms with van der Waals surface area (Å²) in [5, 5.41) is 15.3. The van der Waals surface area contributed by atoms with E-state index in [2.05, 4.69) is 23.3 Å². The number of rotatable bonds is 4. The summed E-state index contributed by atoms with van der Waals surface area (Å²) in [5.41, 5.74) is 9.13. The molecule has 112 valence electrons. The number of hydrogen-bond acceptors (Lipinski definition) is 3. The molecule has 0 spiro atoms. The number of benzene rings is 1. The Kier molecular flexibility index (Phi) is 3.83. The average molecular weight is 285 g/mol. The summed E-state index contributed by atoms with van der Waals surface area (Å²) in [4.78, 5) is 0. The van der Waals surface area contributed by atoms with Crippen molar-refractivity contribution in [3.05, 3.63) is 53.3 Å². The van der Waals surface area contributed by atoms with Crippen LogP contribution in [0.1, 0.15) is 42.6 Å². The smallest absolute Gasteiger partial charge is 0.0929 e. The first-order valence-electron chi connectivity index (χ1n) is 7.70. The van der Waals surface area contributed by atoms with Crippen molar-refractivity contribution in [3.63, 3.8) is 0 Å². The van der Waals surface area contributed by atoms with Gasteiger partial charge < -0.3 is 10.8 Å². The normalized spacial score (nSPS) is 22.8. The summed E-state index contributed by atoms with van der Waals surface area (Å²) in [6.45, 7) is 3.29. The fourth-order valence-corrected chi connectivity index (χ4v) is 3.57. The molecule has 1 aliphatic carbocycles. The number of fused-ring (bicyclic) bond motifs is 1. The number of aliphatic hydroxyl groups is 1. The maximum absolute atomic E-state index is 11.0. The third-order valence-electron chi connectivity index (χ3n) is 4.80. The fraction of sp³-hybridized carbons (Fsp3) is 0.471. The van der Waals surface area contributed by atoms with Gasteiger partial charge in [0.05, 0.1) is 12.3 Å². The number of aliphatic hydroxyl groups excluding tert-OH is 1. The molecule has 21 heavy (non-hydrogen) atoms. The number of nitrogens with zero attached hydrogens (tertiary/aromatic N) is 2. The summed E-state index contributed by atoms with van der Waals surface area (Å²) in [7, 11) is 0. The Morgan fingerprint density at radius 3 is 2.95 bits per heavy atom. The van der Waals surface area contributed by atoms with E-state index in [4.69, 9.17) is 5.73 Å². The Hall–Kier alpha value is -1.65. The number of aromatic nitrogens is 2. The Morgan fingerprint density at radius 1 is 1.43 bits per heavy atom. The zero-order chi connectivity index (χ0) is 14.9. The molecule has 1 heterocycles. The van der Waals surface area contributed by atoms with Gasteiger partial charge >= 0.3 is 0 Å². The van der Waals surface area contributed by atoms with E-state index in [0.29, 0.717) is 6.54 Å². The molecule has 0 aliphatic heterocycles. The minimum Gasteiger partial charge on any atom is -0.387 e. The predicted molar refractivity (Wildman–Crippen MR) is 83.0 cm³/mol. The van der Waals surface area contributed by atoms with Crippen molar-refractivity contribution < 1.29 is 5.11 Å². The van der Waals surface area contributed by atoms with Crippen molar-refractivity contribution in [1.82, 2.24) is 9.78 Å². The molecule has 0 fully saturated rings. The molecule has 2 unspecified atom stereocenters. The highest BCUT2D eigenvalue weighted by Crippen LogP contribution is 2.45. The molecule has 0 radical (unpaired) electrons. The zero-order valence-electron chi connectivity index (χ0n) is 12.5. The molecule has 1 aromatic heterocycles. The van der Waals surface area contributed by atoms with E-state index < -0.39 is 11.5 Å². The first kappa shape index (κ1) is 14.3. The molecule has 4 heteroatoms. The van der Waals surface area contributed by atoms with Crippen LogP contribution >= 0.6 is 0 Å². The zero-order valence-corrected chi connectivity index (χ0v) is 12.5. The lowest BCUT2D eigenvalue weighted by Gasteiger charge is -2.41. The third-order valence-corrected chi connectivity index (χ3v) is 4.80. The van der Waals surface area contributed by atoms with Crippen molar-refractivity contribution >= 4 is 0 Å². The highest BCUT2D eigenvalue weighted by molar-refractivity contribution is 5.40. The summed E-state index contributed by atoms with van der Waals surface area (Å²) in [6.07, 6.45) is 6.14. The number of hydrogen-bond donors (Lipinski definition) is 2. The standard InChI is InChI=1S/C17H23N3O/c1-2-20-11-14(10-19-20)16(21)17(12-18)9-5-7-13-6-3-4-8-15(13)17/h3-4,6,8,10-11,16,21H,2,5,7,9,12,18H2,1H3. The van der Waals surface area contributed by atoms with Crippen LogP contribution in [0.15, 0.2) is 36.7 Å².